The molecule has 12 heavy (non-hydrogen) atoms. The smallest absolute Gasteiger partial charge is 0.396 e. The van der Waals surface area contributed by atoms with Crippen LogP contribution in [-0.4, -0.2) is 25.0 Å². The van der Waals surface area contributed by atoms with Crippen molar-refractivity contribution in [3.63, 3.8) is 0 Å². The highest BCUT2D eigenvalue weighted by Gasteiger charge is 2.12. The van der Waals surface area contributed by atoms with Crippen LogP contribution in [0, 0.1) is 12.3 Å². The van der Waals surface area contributed by atoms with Gasteiger partial charge in [0.05, 0.1) is 6.61 Å². The molecule has 0 bridgehead atoms. The molecule has 0 saturated heterocycles. The summed E-state index contributed by atoms with van der Waals surface area (Å²) in [6.07, 6.45) is 5.34. The lowest BCUT2D eigenvalue weighted by Crippen LogP contribution is -2.33. The Morgan fingerprint density at radius 3 is 2.75 bits per heavy atom. The van der Waals surface area contributed by atoms with Crippen LogP contribution in [0.3, 0.4) is 0 Å². The Morgan fingerprint density at radius 2 is 2.25 bits per heavy atom. The Bertz CT molecular complexity index is 205. The van der Waals surface area contributed by atoms with Crippen molar-refractivity contribution in [1.29, 1.82) is 0 Å². The van der Waals surface area contributed by atoms with Crippen molar-refractivity contribution in [2.24, 2.45) is 0 Å². The second kappa shape index (κ2) is 6.23. The van der Waals surface area contributed by atoms with E-state index in [2.05, 4.69) is 16.0 Å². The first kappa shape index (κ1) is 10.5. The molecule has 0 aromatic carbocycles. The van der Waals surface area contributed by atoms with E-state index in [-0.39, 0.29) is 6.61 Å². The van der Waals surface area contributed by atoms with Crippen LogP contribution in [-0.2, 0) is 14.3 Å². The molecule has 0 radical (unpaired) electrons. The Labute approximate surface area is 71.3 Å². The fourth-order valence-corrected chi connectivity index (χ4v) is 0.517. The lowest BCUT2D eigenvalue weighted by atomic mass is 10.4. The zero-order valence-corrected chi connectivity index (χ0v) is 6.92. The van der Waals surface area contributed by atoms with Gasteiger partial charge in [0.1, 0.15) is 0 Å². The highest BCUT2D eigenvalue weighted by atomic mass is 16.5. The molecule has 0 aliphatic carbocycles. The van der Waals surface area contributed by atoms with Crippen molar-refractivity contribution in [3.05, 3.63) is 0 Å². The Balaban J connectivity index is 3.59. The summed E-state index contributed by atoms with van der Waals surface area (Å²) in [5.41, 5.74) is 0. The summed E-state index contributed by atoms with van der Waals surface area (Å²) in [7, 11) is 0. The van der Waals surface area contributed by atoms with Gasteiger partial charge >= 0.3 is 11.9 Å². The number of terminal acetylenes is 1. The van der Waals surface area contributed by atoms with E-state index in [1.165, 1.54) is 0 Å². The maximum atomic E-state index is 10.8. The minimum absolute atomic E-state index is 0.196. The van der Waals surface area contributed by atoms with Gasteiger partial charge in [-0.05, 0) is 6.92 Å². The monoisotopic (exact) mass is 169 g/mol. The van der Waals surface area contributed by atoms with Crippen molar-refractivity contribution in [2.45, 2.75) is 13.3 Å². The molecule has 4 heteroatoms. The number of esters is 1. The van der Waals surface area contributed by atoms with E-state index in [4.69, 9.17) is 6.42 Å². The molecule has 1 amide bonds. The third-order valence-corrected chi connectivity index (χ3v) is 1.02. The van der Waals surface area contributed by atoms with Crippen LogP contribution in [0.5, 0.6) is 0 Å². The molecule has 0 unspecified atom stereocenters. The second-order valence-electron chi connectivity index (χ2n) is 1.93. The van der Waals surface area contributed by atoms with E-state index >= 15 is 0 Å². The molecule has 0 aliphatic heterocycles. The fraction of sp³-hybridized carbons (Fsp3) is 0.500. The van der Waals surface area contributed by atoms with E-state index in [0.29, 0.717) is 13.0 Å². The number of carbonyl (C=O) groups is 2. The maximum Gasteiger partial charge on any atom is 0.396 e. The molecule has 0 rings (SSSR count). The fourth-order valence-electron chi connectivity index (χ4n) is 0.517. The van der Waals surface area contributed by atoms with Crippen molar-refractivity contribution < 1.29 is 14.3 Å². The minimum atomic E-state index is -0.866. The van der Waals surface area contributed by atoms with Gasteiger partial charge in [-0.1, -0.05) is 0 Å². The third kappa shape index (κ3) is 4.34. The molecule has 0 aromatic heterocycles. The van der Waals surface area contributed by atoms with Crippen molar-refractivity contribution >= 4 is 11.9 Å². The molecular weight excluding hydrogens is 158 g/mol. The quantitative estimate of drug-likeness (QED) is 0.273. The van der Waals surface area contributed by atoms with Gasteiger partial charge in [-0.2, -0.15) is 0 Å². The molecule has 0 aromatic rings. The molecule has 4 nitrogen and oxygen atoms in total. The Morgan fingerprint density at radius 1 is 1.58 bits per heavy atom. The molecule has 0 heterocycles. The topological polar surface area (TPSA) is 55.4 Å². The van der Waals surface area contributed by atoms with Gasteiger partial charge in [-0.15, -0.1) is 12.3 Å². The van der Waals surface area contributed by atoms with Crippen LogP contribution >= 0.6 is 0 Å². The molecule has 66 valence electrons. The lowest BCUT2D eigenvalue weighted by molar-refractivity contribution is -0.154. The number of amides is 1. The van der Waals surface area contributed by atoms with Crippen LogP contribution < -0.4 is 5.32 Å². The molecule has 0 aliphatic rings. The standard InChI is InChI=1S/C8H11NO3/c1-3-5-6-9-7(10)8(11)12-4-2/h1H,4-6H2,2H3,(H,9,10). The second-order valence-corrected chi connectivity index (χ2v) is 1.93. The summed E-state index contributed by atoms with van der Waals surface area (Å²) in [5.74, 6) is 0.718. The summed E-state index contributed by atoms with van der Waals surface area (Å²) in [5, 5.41) is 2.31. The highest BCUT2D eigenvalue weighted by Crippen LogP contribution is 1.78. The van der Waals surface area contributed by atoms with Gasteiger partial charge in [0.25, 0.3) is 0 Å². The van der Waals surface area contributed by atoms with Gasteiger partial charge in [-0.25, -0.2) is 4.79 Å². The van der Waals surface area contributed by atoms with Crippen LogP contribution in [0.1, 0.15) is 13.3 Å². The van der Waals surface area contributed by atoms with E-state index < -0.39 is 11.9 Å². The molecular formula is C8H11NO3. The number of nitrogens with one attached hydrogen (secondary N) is 1. The summed E-state index contributed by atoms with van der Waals surface area (Å²) in [6.45, 7) is 2.13. The highest BCUT2D eigenvalue weighted by molar-refractivity contribution is 6.32. The predicted molar refractivity (Wildman–Crippen MR) is 43.1 cm³/mol. The zero-order valence-electron chi connectivity index (χ0n) is 6.92. The lowest BCUT2D eigenvalue weighted by Gasteiger charge is -2.01. The van der Waals surface area contributed by atoms with Crippen molar-refractivity contribution in [3.8, 4) is 12.3 Å². The van der Waals surface area contributed by atoms with Gasteiger partial charge in [0.15, 0.2) is 0 Å². The Hall–Kier alpha value is -1.50. The average molecular weight is 169 g/mol. The minimum Gasteiger partial charge on any atom is -0.459 e. The summed E-state index contributed by atoms with van der Waals surface area (Å²) in [4.78, 5) is 21.4. The first-order valence-corrected chi connectivity index (χ1v) is 3.60. The van der Waals surface area contributed by atoms with Crippen molar-refractivity contribution in [2.75, 3.05) is 13.2 Å². The van der Waals surface area contributed by atoms with Crippen LogP contribution in [0.4, 0.5) is 0 Å². The van der Waals surface area contributed by atoms with Crippen LogP contribution in [0.25, 0.3) is 0 Å². The largest absolute Gasteiger partial charge is 0.459 e. The van der Waals surface area contributed by atoms with Gasteiger partial charge in [0.2, 0.25) is 0 Å². The Kier molecular flexibility index (Phi) is 5.45. The van der Waals surface area contributed by atoms with Crippen LogP contribution in [0.15, 0.2) is 0 Å². The molecule has 1 N–H and O–H groups in total. The number of hydrogen-bond donors (Lipinski definition) is 1. The molecule has 0 atom stereocenters. The predicted octanol–water partition coefficient (Wildman–Crippen LogP) is -0.311. The van der Waals surface area contributed by atoms with Gasteiger partial charge in [0, 0.05) is 13.0 Å². The third-order valence-electron chi connectivity index (χ3n) is 1.02. The number of rotatable bonds is 3. The zero-order chi connectivity index (χ0) is 9.40. The van der Waals surface area contributed by atoms with E-state index in [9.17, 15) is 9.59 Å². The van der Waals surface area contributed by atoms with Gasteiger partial charge < -0.3 is 10.1 Å². The number of ether oxygens (including phenoxy) is 1. The first-order chi connectivity index (χ1) is 5.72. The van der Waals surface area contributed by atoms with E-state index in [0.717, 1.165) is 0 Å². The number of carbonyl (C=O) groups excluding carboxylic acids is 2. The first-order valence-electron chi connectivity index (χ1n) is 3.60. The van der Waals surface area contributed by atoms with Crippen LogP contribution in [0.2, 0.25) is 0 Å². The maximum absolute atomic E-state index is 10.8. The SMILES string of the molecule is C#CCCNC(=O)C(=O)OCC. The average Bonchev–Trinajstić information content (AvgIpc) is 2.05. The van der Waals surface area contributed by atoms with E-state index in [1.807, 2.05) is 0 Å². The normalized spacial score (nSPS) is 8.33. The van der Waals surface area contributed by atoms with E-state index in [1.54, 1.807) is 6.92 Å². The molecule has 0 spiro atoms. The van der Waals surface area contributed by atoms with Gasteiger partial charge in [-0.3, -0.25) is 4.79 Å². The number of hydrogen-bond acceptors (Lipinski definition) is 3. The molecule has 0 saturated carbocycles. The summed E-state index contributed by atoms with van der Waals surface area (Å²) < 4.78 is 4.43. The summed E-state index contributed by atoms with van der Waals surface area (Å²) in [6, 6.07) is 0. The van der Waals surface area contributed by atoms with Crippen molar-refractivity contribution in [1.82, 2.24) is 5.32 Å². The summed E-state index contributed by atoms with van der Waals surface area (Å²) >= 11 is 0. The molecule has 0 fully saturated rings.